The molecule has 2 fully saturated rings. The molecule has 2 saturated heterocycles. The molecule has 4 heterocycles. The molecule has 0 unspecified atom stereocenters. The summed E-state index contributed by atoms with van der Waals surface area (Å²) in [7, 11) is 0. The van der Waals surface area contributed by atoms with Crippen LogP contribution in [0.4, 0.5) is 14.7 Å². The number of hydrogen-bond acceptors (Lipinski definition) is 4. The molecule has 4 rings (SSSR count). The predicted octanol–water partition coefficient (Wildman–Crippen LogP) is 1.84. The molecule has 21 heavy (non-hydrogen) atoms. The first-order chi connectivity index (χ1) is 10.2. The first kappa shape index (κ1) is 13.7. The summed E-state index contributed by atoms with van der Waals surface area (Å²) in [6.45, 7) is 1.60. The molecule has 0 atom stereocenters. The van der Waals surface area contributed by atoms with E-state index in [4.69, 9.17) is 0 Å². The van der Waals surface area contributed by atoms with Gasteiger partial charge in [-0.05, 0) is 0 Å². The van der Waals surface area contributed by atoms with Crippen molar-refractivity contribution >= 4 is 39.9 Å². The van der Waals surface area contributed by atoms with Gasteiger partial charge in [-0.2, -0.15) is 0 Å². The van der Waals surface area contributed by atoms with Crippen molar-refractivity contribution in [2.75, 3.05) is 18.0 Å². The summed E-state index contributed by atoms with van der Waals surface area (Å²) in [6, 6.07) is 0. The third-order valence-corrected chi connectivity index (χ3v) is 11.1. The number of halogens is 2. The molecule has 109 valence electrons. The molecule has 0 bridgehead atoms. The zero-order valence-electron chi connectivity index (χ0n) is 11.5. The maximum atomic E-state index is 12.6. The van der Waals surface area contributed by atoms with Crippen LogP contribution in [0.25, 0.3) is 11.0 Å². The molecular weight excluding hydrogens is 379 g/mol. The summed E-state index contributed by atoms with van der Waals surface area (Å²) in [6.07, 6.45) is 2.04. The normalized spacial score (nSPS) is 20.2. The predicted molar refractivity (Wildman–Crippen MR) is 76.0 cm³/mol. The first-order valence-electron chi connectivity index (χ1n) is 7.19. The van der Waals surface area contributed by atoms with Gasteiger partial charge in [-0.1, -0.05) is 0 Å². The van der Waals surface area contributed by atoms with Crippen molar-refractivity contribution < 1.29 is 8.78 Å². The summed E-state index contributed by atoms with van der Waals surface area (Å²) in [5.41, 5.74) is 1.05. The molecule has 0 saturated carbocycles. The second-order valence-corrected chi connectivity index (χ2v) is 10.0. The van der Waals surface area contributed by atoms with Gasteiger partial charge >= 0.3 is 132 Å². The van der Waals surface area contributed by atoms with Crippen LogP contribution >= 0.6 is 0 Å². The van der Waals surface area contributed by atoms with Gasteiger partial charge < -0.3 is 0 Å². The fourth-order valence-corrected chi connectivity index (χ4v) is 8.32. The van der Waals surface area contributed by atoms with Gasteiger partial charge in [0, 0.05) is 0 Å². The summed E-state index contributed by atoms with van der Waals surface area (Å²) in [4.78, 5) is 11.1. The number of rotatable bonds is 3. The van der Waals surface area contributed by atoms with Crippen LogP contribution in [-0.2, 0) is 6.54 Å². The van der Waals surface area contributed by atoms with E-state index < -0.39 is 13.0 Å². The van der Waals surface area contributed by atoms with E-state index in [0.717, 1.165) is 13.1 Å². The fourth-order valence-electron chi connectivity index (χ4n) is 3.27. The molecule has 1 spiro atoms. The van der Waals surface area contributed by atoms with Gasteiger partial charge in [-0.25, -0.2) is 0 Å². The molecule has 5 nitrogen and oxygen atoms in total. The monoisotopic (exact) mass is 394 g/mol. The molecule has 0 amide bonds. The maximum absolute atomic E-state index is 12.6. The van der Waals surface area contributed by atoms with Crippen LogP contribution in [0.3, 0.4) is 0 Å². The Kier molecular flexibility index (Phi) is 3.31. The molecule has 2 aliphatic heterocycles. The van der Waals surface area contributed by atoms with Crippen LogP contribution in [0, 0.1) is 5.41 Å². The van der Waals surface area contributed by atoms with E-state index in [1.807, 2.05) is 0 Å². The van der Waals surface area contributed by atoms with Crippen LogP contribution < -0.4 is 4.90 Å². The van der Waals surface area contributed by atoms with E-state index >= 15 is 0 Å². The van der Waals surface area contributed by atoms with E-state index in [9.17, 15) is 8.78 Å². The summed E-state index contributed by atoms with van der Waals surface area (Å²) >= 11 is -0.200. The van der Waals surface area contributed by atoms with Crippen molar-refractivity contribution in [2.45, 2.75) is 27.7 Å². The van der Waals surface area contributed by atoms with Gasteiger partial charge in [0.25, 0.3) is 0 Å². The first-order valence-corrected chi connectivity index (χ1v) is 11.8. The summed E-state index contributed by atoms with van der Waals surface area (Å²) in [5.74, 6) is 0.662. The number of hydrogen-bond donors (Lipinski definition) is 0. The molecule has 0 N–H and O–H groups in total. The van der Waals surface area contributed by atoms with Gasteiger partial charge in [-0.3, -0.25) is 0 Å². The molecule has 0 aromatic carbocycles. The molecule has 2 aromatic rings. The Hall–Kier alpha value is -0.920. The number of fused-ring (bicyclic) bond motifs is 1. The molecule has 0 aliphatic carbocycles. The van der Waals surface area contributed by atoms with E-state index in [0.29, 0.717) is 22.4 Å². The van der Waals surface area contributed by atoms with Crippen molar-refractivity contribution in [1.29, 1.82) is 0 Å². The summed E-state index contributed by atoms with van der Waals surface area (Å²) in [5, 5.41) is 4.70. The van der Waals surface area contributed by atoms with E-state index in [1.165, 1.54) is 19.5 Å². The van der Waals surface area contributed by atoms with Crippen molar-refractivity contribution in [3.05, 3.63) is 12.4 Å². The average Bonchev–Trinajstić information content (AvgIpc) is 3.02. The molecule has 1 radical (unpaired) electrons. The van der Waals surface area contributed by atoms with Crippen LogP contribution in [0.1, 0.15) is 6.42 Å². The Morgan fingerprint density at radius 2 is 2.19 bits per heavy atom. The van der Waals surface area contributed by atoms with Crippen molar-refractivity contribution in [3.8, 4) is 0 Å². The van der Waals surface area contributed by atoms with Crippen LogP contribution in [-0.4, -0.2) is 62.2 Å². The van der Waals surface area contributed by atoms with Crippen LogP contribution in [0.2, 0.25) is 8.35 Å². The Bertz CT molecular complexity index is 670. The van der Waals surface area contributed by atoms with Crippen LogP contribution in [0.5, 0.6) is 0 Å². The second kappa shape index (κ2) is 5.07. The number of anilines is 1. The zero-order chi connectivity index (χ0) is 14.4. The van der Waals surface area contributed by atoms with Crippen molar-refractivity contribution in [1.82, 2.24) is 19.7 Å². The topological polar surface area (TPSA) is 46.8 Å². The molecular formula is C13H15F2InN5. The Morgan fingerprint density at radius 3 is 2.86 bits per heavy atom. The number of nitrogens with zero attached hydrogens (tertiary/aromatic N) is 5. The van der Waals surface area contributed by atoms with Crippen molar-refractivity contribution in [3.63, 3.8) is 0 Å². The van der Waals surface area contributed by atoms with Crippen LogP contribution in [0.15, 0.2) is 12.4 Å². The van der Waals surface area contributed by atoms with E-state index in [-0.39, 0.29) is 22.9 Å². The zero-order valence-corrected chi connectivity index (χ0v) is 14.8. The fraction of sp³-hybridized carbons (Fsp3) is 0.615. The Balaban J connectivity index is 1.63. The van der Waals surface area contributed by atoms with Gasteiger partial charge in [0.1, 0.15) is 0 Å². The number of aromatic nitrogens is 4. The SMILES string of the molecule is FC(F)Cn1ncc2cnc(N3CCC4([CH2][In][CH2]4)C3)nc21. The van der Waals surface area contributed by atoms with Gasteiger partial charge in [0.2, 0.25) is 0 Å². The molecule has 2 aromatic heterocycles. The molecule has 2 aliphatic rings. The van der Waals surface area contributed by atoms with Crippen molar-refractivity contribution in [2.24, 2.45) is 5.41 Å². The average molecular weight is 394 g/mol. The number of alkyl halides is 2. The van der Waals surface area contributed by atoms with Gasteiger partial charge in [-0.15, -0.1) is 0 Å². The minimum absolute atomic E-state index is 0.200. The van der Waals surface area contributed by atoms with Gasteiger partial charge in [0.05, 0.1) is 0 Å². The molecule has 8 heteroatoms. The standard InChI is InChI=1S/C13H15F2N5.In/c1-13(2)3-4-19(8-13)12-16-5-9-6-17-20(7-10(14)15)11(9)18-12;/h5-6,10H,1-4,7-8H2;. The second-order valence-electron chi connectivity index (χ2n) is 6.04. The third kappa shape index (κ3) is 2.41. The van der Waals surface area contributed by atoms with E-state index in [1.54, 1.807) is 12.4 Å². The quantitative estimate of drug-likeness (QED) is 0.798. The summed E-state index contributed by atoms with van der Waals surface area (Å²) < 4.78 is 29.4. The van der Waals surface area contributed by atoms with E-state index in [2.05, 4.69) is 20.0 Å². The Labute approximate surface area is 132 Å². The Morgan fingerprint density at radius 1 is 1.33 bits per heavy atom. The minimum atomic E-state index is -2.43. The third-order valence-electron chi connectivity index (χ3n) is 4.55. The van der Waals surface area contributed by atoms with Gasteiger partial charge in [0.15, 0.2) is 0 Å².